The zero-order chi connectivity index (χ0) is 11.3. The summed E-state index contributed by atoms with van der Waals surface area (Å²) in [7, 11) is 0. The second-order valence-corrected chi connectivity index (χ2v) is 5.54. The number of rotatable bonds is 3. The van der Waals surface area contributed by atoms with E-state index < -0.39 is 0 Å². The first-order valence-corrected chi connectivity index (χ1v) is 5.84. The molecule has 0 aromatic rings. The van der Waals surface area contributed by atoms with Gasteiger partial charge >= 0.3 is 0 Å². The average molecular weight is 213 g/mol. The van der Waals surface area contributed by atoms with Gasteiger partial charge < -0.3 is 10.1 Å². The highest BCUT2D eigenvalue weighted by Gasteiger charge is 2.18. The van der Waals surface area contributed by atoms with E-state index in [1.807, 2.05) is 0 Å². The fourth-order valence-electron chi connectivity index (χ4n) is 1.64. The summed E-state index contributed by atoms with van der Waals surface area (Å²) < 4.78 is 5.31. The van der Waals surface area contributed by atoms with Crippen LogP contribution in [0.15, 0.2) is 0 Å². The summed E-state index contributed by atoms with van der Waals surface area (Å²) in [5, 5.41) is 3.03. The van der Waals surface area contributed by atoms with E-state index >= 15 is 0 Å². The highest BCUT2D eigenvalue weighted by atomic mass is 16.5. The molecule has 1 fully saturated rings. The molecule has 0 bridgehead atoms. The van der Waals surface area contributed by atoms with Crippen LogP contribution in [0.5, 0.6) is 0 Å². The van der Waals surface area contributed by atoms with Gasteiger partial charge in [0.1, 0.15) is 0 Å². The predicted octanol–water partition coefficient (Wildman–Crippen LogP) is 2.11. The lowest BCUT2D eigenvalue weighted by Crippen LogP contribution is -2.40. The molecular formula is C12H23NO2. The Labute approximate surface area is 92.6 Å². The quantitative estimate of drug-likeness (QED) is 0.779. The minimum Gasteiger partial charge on any atom is -0.379 e. The van der Waals surface area contributed by atoms with Gasteiger partial charge in [-0.1, -0.05) is 20.8 Å². The van der Waals surface area contributed by atoms with Gasteiger partial charge in [0.05, 0.1) is 12.6 Å². The predicted molar refractivity (Wildman–Crippen MR) is 60.7 cm³/mol. The van der Waals surface area contributed by atoms with Gasteiger partial charge in [0.15, 0.2) is 0 Å². The Bertz CT molecular complexity index is 202. The highest BCUT2D eigenvalue weighted by molar-refractivity contribution is 5.76. The Morgan fingerprint density at radius 1 is 1.47 bits per heavy atom. The van der Waals surface area contributed by atoms with Gasteiger partial charge in [0.2, 0.25) is 5.91 Å². The summed E-state index contributed by atoms with van der Waals surface area (Å²) in [6.07, 6.45) is 3.68. The van der Waals surface area contributed by atoms with E-state index in [4.69, 9.17) is 4.74 Å². The van der Waals surface area contributed by atoms with E-state index in [9.17, 15) is 4.79 Å². The first kappa shape index (κ1) is 12.5. The summed E-state index contributed by atoms with van der Waals surface area (Å²) >= 11 is 0. The first-order valence-electron chi connectivity index (χ1n) is 5.84. The summed E-state index contributed by atoms with van der Waals surface area (Å²) in [4.78, 5) is 11.6. The molecule has 1 amide bonds. The summed E-state index contributed by atoms with van der Waals surface area (Å²) in [6, 6.07) is 0.242. The molecule has 0 radical (unpaired) electrons. The Morgan fingerprint density at radius 2 is 2.20 bits per heavy atom. The Kier molecular flexibility index (Phi) is 4.58. The van der Waals surface area contributed by atoms with E-state index in [-0.39, 0.29) is 17.4 Å². The van der Waals surface area contributed by atoms with Crippen molar-refractivity contribution in [1.82, 2.24) is 5.32 Å². The van der Waals surface area contributed by atoms with Gasteiger partial charge in [-0.3, -0.25) is 4.79 Å². The molecule has 0 spiro atoms. The molecule has 1 saturated heterocycles. The second kappa shape index (κ2) is 5.50. The van der Waals surface area contributed by atoms with Gasteiger partial charge in [0, 0.05) is 13.0 Å². The molecule has 0 saturated carbocycles. The number of hydrogen-bond donors (Lipinski definition) is 1. The van der Waals surface area contributed by atoms with Crippen molar-refractivity contribution < 1.29 is 9.53 Å². The lowest BCUT2D eigenvalue weighted by atomic mass is 9.90. The summed E-state index contributed by atoms with van der Waals surface area (Å²) in [6.45, 7) is 7.99. The first-order chi connectivity index (χ1) is 6.97. The zero-order valence-corrected chi connectivity index (χ0v) is 10.1. The topological polar surface area (TPSA) is 38.3 Å². The van der Waals surface area contributed by atoms with Crippen molar-refractivity contribution in [2.24, 2.45) is 5.41 Å². The van der Waals surface area contributed by atoms with Gasteiger partial charge in [-0.15, -0.1) is 0 Å². The normalized spacial score (nSPS) is 22.5. The average Bonchev–Trinajstić information content (AvgIpc) is 2.15. The molecule has 3 nitrogen and oxygen atoms in total. The number of amides is 1. The van der Waals surface area contributed by atoms with Crippen LogP contribution in [-0.2, 0) is 9.53 Å². The van der Waals surface area contributed by atoms with Crippen molar-refractivity contribution >= 4 is 5.91 Å². The molecule has 0 aliphatic carbocycles. The summed E-state index contributed by atoms with van der Waals surface area (Å²) in [5.74, 6) is 0.167. The SMILES string of the molecule is CC(C)(C)CCC(=O)NC1CCCOC1. The third-order valence-electron chi connectivity index (χ3n) is 2.63. The highest BCUT2D eigenvalue weighted by Crippen LogP contribution is 2.20. The maximum absolute atomic E-state index is 11.6. The molecule has 88 valence electrons. The number of carbonyl (C=O) groups is 1. The molecule has 1 rings (SSSR count). The van der Waals surface area contributed by atoms with E-state index in [0.29, 0.717) is 13.0 Å². The molecule has 1 unspecified atom stereocenters. The third kappa shape index (κ3) is 5.78. The molecule has 1 aliphatic heterocycles. The Balaban J connectivity index is 2.17. The lowest BCUT2D eigenvalue weighted by Gasteiger charge is -2.24. The van der Waals surface area contributed by atoms with Crippen molar-refractivity contribution in [3.05, 3.63) is 0 Å². The molecule has 1 N–H and O–H groups in total. The number of nitrogens with one attached hydrogen (secondary N) is 1. The number of hydrogen-bond acceptors (Lipinski definition) is 2. The largest absolute Gasteiger partial charge is 0.379 e. The van der Waals surface area contributed by atoms with Gasteiger partial charge in [-0.25, -0.2) is 0 Å². The van der Waals surface area contributed by atoms with E-state index in [2.05, 4.69) is 26.1 Å². The molecule has 0 aromatic heterocycles. The molecule has 15 heavy (non-hydrogen) atoms. The minimum absolute atomic E-state index is 0.167. The van der Waals surface area contributed by atoms with Crippen molar-refractivity contribution in [2.75, 3.05) is 13.2 Å². The van der Waals surface area contributed by atoms with E-state index in [0.717, 1.165) is 25.9 Å². The van der Waals surface area contributed by atoms with Crippen LogP contribution in [0, 0.1) is 5.41 Å². The van der Waals surface area contributed by atoms with Crippen LogP contribution in [-0.4, -0.2) is 25.2 Å². The monoisotopic (exact) mass is 213 g/mol. The standard InChI is InChI=1S/C12H23NO2/c1-12(2,3)7-6-11(14)13-10-5-4-8-15-9-10/h10H,4-9H2,1-3H3,(H,13,14). The van der Waals surface area contributed by atoms with Crippen molar-refractivity contribution in [3.63, 3.8) is 0 Å². The van der Waals surface area contributed by atoms with Gasteiger partial charge in [-0.2, -0.15) is 0 Å². The van der Waals surface area contributed by atoms with Crippen LogP contribution in [0.1, 0.15) is 46.5 Å². The van der Waals surface area contributed by atoms with Crippen LogP contribution in [0.2, 0.25) is 0 Å². The molecular weight excluding hydrogens is 190 g/mol. The number of ether oxygens (including phenoxy) is 1. The molecule has 3 heteroatoms. The van der Waals surface area contributed by atoms with Crippen molar-refractivity contribution in [2.45, 2.75) is 52.5 Å². The van der Waals surface area contributed by atoms with Crippen LogP contribution in [0.4, 0.5) is 0 Å². The molecule has 1 atom stereocenters. The van der Waals surface area contributed by atoms with Crippen LogP contribution >= 0.6 is 0 Å². The third-order valence-corrected chi connectivity index (χ3v) is 2.63. The van der Waals surface area contributed by atoms with E-state index in [1.165, 1.54) is 0 Å². The fraction of sp³-hybridized carbons (Fsp3) is 0.917. The smallest absolute Gasteiger partial charge is 0.220 e. The molecule has 1 heterocycles. The minimum atomic E-state index is 0.167. The number of carbonyl (C=O) groups excluding carboxylic acids is 1. The lowest BCUT2D eigenvalue weighted by molar-refractivity contribution is -0.123. The Morgan fingerprint density at radius 3 is 2.73 bits per heavy atom. The van der Waals surface area contributed by atoms with Crippen LogP contribution in [0.25, 0.3) is 0 Å². The summed E-state index contributed by atoms with van der Waals surface area (Å²) in [5.41, 5.74) is 0.237. The molecule has 0 aromatic carbocycles. The van der Waals surface area contributed by atoms with Crippen LogP contribution in [0.3, 0.4) is 0 Å². The maximum atomic E-state index is 11.6. The van der Waals surface area contributed by atoms with E-state index in [1.54, 1.807) is 0 Å². The zero-order valence-electron chi connectivity index (χ0n) is 10.1. The second-order valence-electron chi connectivity index (χ2n) is 5.54. The Hall–Kier alpha value is -0.570. The van der Waals surface area contributed by atoms with Crippen molar-refractivity contribution in [3.8, 4) is 0 Å². The van der Waals surface area contributed by atoms with Gasteiger partial charge in [0.25, 0.3) is 0 Å². The van der Waals surface area contributed by atoms with Gasteiger partial charge in [-0.05, 0) is 24.7 Å². The fourth-order valence-corrected chi connectivity index (χ4v) is 1.64. The van der Waals surface area contributed by atoms with Crippen LogP contribution < -0.4 is 5.32 Å². The maximum Gasteiger partial charge on any atom is 0.220 e. The van der Waals surface area contributed by atoms with Crippen molar-refractivity contribution in [1.29, 1.82) is 0 Å². The molecule has 1 aliphatic rings.